The van der Waals surface area contributed by atoms with Gasteiger partial charge in [-0.15, -0.1) is 11.6 Å². The monoisotopic (exact) mass is 207 g/mol. The van der Waals surface area contributed by atoms with E-state index in [1.165, 1.54) is 0 Å². The Labute approximate surface area is 79.6 Å². The minimum absolute atomic E-state index is 0.0129. The molecular weight excluding hydrogens is 200 g/mol. The molecule has 7 heteroatoms. The lowest BCUT2D eigenvalue weighted by molar-refractivity contribution is -0.276. The minimum Gasteiger partial charge on any atom is -0.529 e. The van der Waals surface area contributed by atoms with E-state index in [0.29, 0.717) is 0 Å². The molecule has 1 aliphatic heterocycles. The molecule has 0 atom stereocenters. The quantitative estimate of drug-likeness (QED) is 0.570. The maximum atomic E-state index is 10.9. The van der Waals surface area contributed by atoms with Crippen molar-refractivity contribution in [3.8, 4) is 0 Å². The van der Waals surface area contributed by atoms with Gasteiger partial charge in [-0.2, -0.15) is 0 Å². The molecule has 74 valence electrons. The van der Waals surface area contributed by atoms with Gasteiger partial charge in [-0.25, -0.2) is 9.80 Å². The van der Waals surface area contributed by atoms with Crippen LogP contribution in [0.15, 0.2) is 0 Å². The molecule has 6 nitrogen and oxygen atoms in total. The summed E-state index contributed by atoms with van der Waals surface area (Å²) in [6, 6.07) is 0. The Kier molecular flexibility index (Phi) is 3.18. The molecule has 0 N–H and O–H groups in total. The fourth-order valence-corrected chi connectivity index (χ4v) is 1.16. The van der Waals surface area contributed by atoms with Crippen molar-refractivity contribution in [2.24, 2.45) is 0 Å². The number of cyclic esters (lactones) is 1. The number of carboxylic acid groups (broad SMARTS) is 1. The summed E-state index contributed by atoms with van der Waals surface area (Å²) >= 11 is 5.35. The van der Waals surface area contributed by atoms with Crippen LogP contribution in [0.2, 0.25) is 0 Å². The van der Waals surface area contributed by atoms with Crippen molar-refractivity contribution in [3.63, 3.8) is 0 Å². The molecule has 1 aliphatic rings. The highest BCUT2D eigenvalue weighted by Crippen LogP contribution is 2.07. The first-order chi connectivity index (χ1) is 6.16. The molecule has 0 aliphatic carbocycles. The van der Waals surface area contributed by atoms with Gasteiger partial charge in [0.05, 0.1) is 13.1 Å². The van der Waals surface area contributed by atoms with Gasteiger partial charge in [0.25, 0.3) is 0 Å². The molecule has 1 rings (SSSR count). The minimum atomic E-state index is -1.46. The van der Waals surface area contributed by atoms with Gasteiger partial charge in [0.15, 0.2) is 6.09 Å². The van der Waals surface area contributed by atoms with Gasteiger partial charge >= 0.3 is 6.09 Å². The van der Waals surface area contributed by atoms with Crippen LogP contribution < -0.4 is 5.11 Å². The largest absolute Gasteiger partial charge is 0.529 e. The second kappa shape index (κ2) is 4.18. The zero-order valence-corrected chi connectivity index (χ0v) is 7.49. The third-order valence-electron chi connectivity index (χ3n) is 1.54. The first kappa shape index (κ1) is 9.91. The maximum absolute atomic E-state index is 10.9. The summed E-state index contributed by atoms with van der Waals surface area (Å²) in [7, 11) is 0. The Hall–Kier alpha value is -1.17. The van der Waals surface area contributed by atoms with Gasteiger partial charge in [0.2, 0.25) is 0 Å². The Balaban J connectivity index is 2.63. The van der Waals surface area contributed by atoms with E-state index in [-0.39, 0.29) is 25.6 Å². The van der Waals surface area contributed by atoms with Gasteiger partial charge in [-0.1, -0.05) is 0 Å². The third-order valence-corrected chi connectivity index (χ3v) is 1.71. The molecule has 2 amide bonds. The lowest BCUT2D eigenvalue weighted by Crippen LogP contribution is -2.53. The van der Waals surface area contributed by atoms with Gasteiger partial charge in [0, 0.05) is 5.88 Å². The first-order valence-corrected chi connectivity index (χ1v) is 4.19. The molecule has 13 heavy (non-hydrogen) atoms. The van der Waals surface area contributed by atoms with Crippen molar-refractivity contribution in [1.29, 1.82) is 0 Å². The molecule has 1 saturated heterocycles. The predicted octanol–water partition coefficient (Wildman–Crippen LogP) is -0.762. The van der Waals surface area contributed by atoms with Crippen molar-refractivity contribution in [2.75, 3.05) is 25.6 Å². The van der Waals surface area contributed by atoms with Crippen LogP contribution in [0.5, 0.6) is 0 Å². The molecule has 0 aromatic heterocycles. The third kappa shape index (κ3) is 2.15. The van der Waals surface area contributed by atoms with E-state index in [1.54, 1.807) is 0 Å². The first-order valence-electron chi connectivity index (χ1n) is 3.65. The molecule has 0 saturated carbocycles. The standard InChI is InChI=1S/C6H9ClN2O4/c7-1-2-8(5(10)11)9-3-4-13-6(9)12/h1-4H2,(H,10,11)/p-1. The SMILES string of the molecule is O=C([O-])N(CCCl)N1CCOC1=O. The summed E-state index contributed by atoms with van der Waals surface area (Å²) in [5, 5.41) is 12.2. The Morgan fingerprint density at radius 2 is 2.46 bits per heavy atom. The van der Waals surface area contributed by atoms with Gasteiger partial charge in [0.1, 0.15) is 6.61 Å². The zero-order valence-electron chi connectivity index (χ0n) is 6.73. The number of hydrogen-bond acceptors (Lipinski definition) is 4. The fraction of sp³-hybridized carbons (Fsp3) is 0.667. The number of alkyl halides is 1. The van der Waals surface area contributed by atoms with E-state index in [9.17, 15) is 14.7 Å². The summed E-state index contributed by atoms with van der Waals surface area (Å²) in [4.78, 5) is 21.5. The van der Waals surface area contributed by atoms with E-state index < -0.39 is 12.2 Å². The second-order valence-electron chi connectivity index (χ2n) is 2.32. The topological polar surface area (TPSA) is 72.9 Å². The number of carbonyl (C=O) groups is 2. The van der Waals surface area contributed by atoms with Crippen molar-refractivity contribution in [1.82, 2.24) is 10.0 Å². The highest BCUT2D eigenvalue weighted by molar-refractivity contribution is 6.18. The van der Waals surface area contributed by atoms with Crippen LogP contribution in [0.1, 0.15) is 0 Å². The van der Waals surface area contributed by atoms with Gasteiger partial charge in [-0.05, 0) is 0 Å². The molecule has 0 bridgehead atoms. The zero-order chi connectivity index (χ0) is 9.84. The van der Waals surface area contributed by atoms with Gasteiger partial charge in [-0.3, -0.25) is 5.01 Å². The smallest absolute Gasteiger partial charge is 0.429 e. The van der Waals surface area contributed by atoms with Crippen molar-refractivity contribution in [2.45, 2.75) is 0 Å². The number of hydrazine groups is 1. The number of ether oxygens (including phenoxy) is 1. The predicted molar refractivity (Wildman–Crippen MR) is 40.9 cm³/mol. The van der Waals surface area contributed by atoms with Crippen LogP contribution in [-0.2, 0) is 4.74 Å². The Bertz CT molecular complexity index is 223. The fourth-order valence-electron chi connectivity index (χ4n) is 0.995. The van der Waals surface area contributed by atoms with E-state index in [4.69, 9.17) is 11.6 Å². The molecule has 1 fully saturated rings. The van der Waals surface area contributed by atoms with Crippen molar-refractivity contribution in [3.05, 3.63) is 0 Å². The van der Waals surface area contributed by atoms with Crippen LogP contribution >= 0.6 is 11.6 Å². The van der Waals surface area contributed by atoms with Crippen LogP contribution in [0.3, 0.4) is 0 Å². The number of nitrogens with zero attached hydrogens (tertiary/aromatic N) is 2. The number of amides is 2. The van der Waals surface area contributed by atoms with Crippen LogP contribution in [0, 0.1) is 0 Å². The molecule has 0 unspecified atom stereocenters. The summed E-state index contributed by atoms with van der Waals surface area (Å²) in [5.74, 6) is 0.0950. The Morgan fingerprint density at radius 3 is 2.85 bits per heavy atom. The molecule has 0 spiro atoms. The van der Waals surface area contributed by atoms with E-state index in [1.807, 2.05) is 0 Å². The van der Waals surface area contributed by atoms with Crippen molar-refractivity contribution >= 4 is 23.8 Å². The second-order valence-corrected chi connectivity index (χ2v) is 2.69. The average molecular weight is 208 g/mol. The van der Waals surface area contributed by atoms with Crippen LogP contribution in [-0.4, -0.2) is 47.8 Å². The number of carbonyl (C=O) groups excluding carboxylic acids is 2. The van der Waals surface area contributed by atoms with Crippen LogP contribution in [0.25, 0.3) is 0 Å². The van der Waals surface area contributed by atoms with E-state index in [2.05, 4.69) is 4.74 Å². The maximum Gasteiger partial charge on any atom is 0.429 e. The summed E-state index contributed by atoms with van der Waals surface area (Å²) in [6.45, 7) is 0.410. The lowest BCUT2D eigenvalue weighted by Gasteiger charge is -2.30. The molecule has 1 heterocycles. The summed E-state index contributed by atoms with van der Waals surface area (Å²) < 4.78 is 4.55. The highest BCUT2D eigenvalue weighted by Gasteiger charge is 2.27. The number of halogens is 1. The Morgan fingerprint density at radius 1 is 1.77 bits per heavy atom. The number of rotatable bonds is 3. The van der Waals surface area contributed by atoms with Gasteiger partial charge < -0.3 is 14.6 Å². The van der Waals surface area contributed by atoms with E-state index in [0.717, 1.165) is 10.0 Å². The van der Waals surface area contributed by atoms with E-state index >= 15 is 0 Å². The molecular formula is C6H8ClN2O4-. The highest BCUT2D eigenvalue weighted by atomic mass is 35.5. The normalized spacial score (nSPS) is 15.8. The number of hydrogen-bond donors (Lipinski definition) is 0. The summed E-state index contributed by atoms with van der Waals surface area (Å²) in [5.41, 5.74) is 0. The molecule has 0 radical (unpaired) electrons. The average Bonchev–Trinajstić information content (AvgIpc) is 2.47. The summed E-state index contributed by atoms with van der Waals surface area (Å²) in [6.07, 6.45) is -2.14. The van der Waals surface area contributed by atoms with Crippen molar-refractivity contribution < 1.29 is 19.4 Å². The molecule has 0 aromatic rings. The van der Waals surface area contributed by atoms with Crippen LogP contribution in [0.4, 0.5) is 9.59 Å². The lowest BCUT2D eigenvalue weighted by atomic mass is 10.6. The molecule has 0 aromatic carbocycles.